The highest BCUT2D eigenvalue weighted by Gasteiger charge is 1.81. The molecule has 60 valence electrons. The van der Waals surface area contributed by atoms with Crippen LogP contribution < -0.4 is 10.6 Å². The minimum absolute atomic E-state index is 1.05. The fourth-order valence-electron chi connectivity index (χ4n) is 0.690. The van der Waals surface area contributed by atoms with E-state index in [0.29, 0.717) is 0 Å². The molecule has 0 radical (unpaired) electrons. The predicted octanol–water partition coefficient (Wildman–Crippen LogP) is 0.762. The monoisotopic (exact) mass is 142 g/mol. The smallest absolute Gasteiger partial charge is 0.00767 e. The van der Waals surface area contributed by atoms with Crippen molar-refractivity contribution in [3.05, 3.63) is 12.2 Å². The van der Waals surface area contributed by atoms with Crippen LogP contribution in [0.15, 0.2) is 12.2 Å². The van der Waals surface area contributed by atoms with Gasteiger partial charge in [0, 0.05) is 13.1 Å². The Hall–Kier alpha value is -0.340. The maximum absolute atomic E-state index is 3.31. The summed E-state index contributed by atoms with van der Waals surface area (Å²) in [4.78, 5) is 0. The standard InChI is InChI=1S/C8H18N2/c1-3-4-5-6-10-8-7-9-2/h3-4,9-10H,5-8H2,1-2H3/b4-3-. The molecule has 0 aliphatic heterocycles. The van der Waals surface area contributed by atoms with E-state index in [-0.39, 0.29) is 0 Å². The molecule has 10 heavy (non-hydrogen) atoms. The van der Waals surface area contributed by atoms with Gasteiger partial charge in [-0.25, -0.2) is 0 Å². The molecule has 0 rings (SSSR count). The molecule has 0 aliphatic carbocycles. The van der Waals surface area contributed by atoms with Crippen LogP contribution in [-0.4, -0.2) is 26.7 Å². The predicted molar refractivity (Wildman–Crippen MR) is 46.2 cm³/mol. The van der Waals surface area contributed by atoms with Gasteiger partial charge in [-0.05, 0) is 26.9 Å². The Bertz CT molecular complexity index is 79.3. The first-order valence-electron chi connectivity index (χ1n) is 3.88. The molecule has 0 atom stereocenters. The third-order valence-corrected chi connectivity index (χ3v) is 1.28. The number of nitrogens with one attached hydrogen (secondary N) is 2. The van der Waals surface area contributed by atoms with Crippen molar-refractivity contribution in [2.24, 2.45) is 0 Å². The van der Waals surface area contributed by atoms with Gasteiger partial charge in [0.1, 0.15) is 0 Å². The van der Waals surface area contributed by atoms with Crippen LogP contribution in [0.2, 0.25) is 0 Å². The summed E-state index contributed by atoms with van der Waals surface area (Å²) < 4.78 is 0. The molecule has 0 aliphatic rings. The Balaban J connectivity index is 2.77. The van der Waals surface area contributed by atoms with Crippen LogP contribution in [0.25, 0.3) is 0 Å². The summed E-state index contributed by atoms with van der Waals surface area (Å²) in [6.45, 7) is 5.25. The van der Waals surface area contributed by atoms with Crippen molar-refractivity contribution in [3.63, 3.8) is 0 Å². The summed E-state index contributed by atoms with van der Waals surface area (Å²) in [6.07, 6.45) is 5.40. The van der Waals surface area contributed by atoms with Gasteiger partial charge < -0.3 is 10.6 Å². The molecule has 0 spiro atoms. The highest BCUT2D eigenvalue weighted by Crippen LogP contribution is 1.77. The van der Waals surface area contributed by atoms with Gasteiger partial charge in [0.05, 0.1) is 0 Å². The van der Waals surface area contributed by atoms with Gasteiger partial charge in [0.2, 0.25) is 0 Å². The zero-order valence-corrected chi connectivity index (χ0v) is 6.98. The Morgan fingerprint density at radius 3 is 2.60 bits per heavy atom. The maximum atomic E-state index is 3.31. The Morgan fingerprint density at radius 1 is 1.20 bits per heavy atom. The molecule has 0 unspecified atom stereocenters. The molecule has 0 aromatic carbocycles. The molecular weight excluding hydrogens is 124 g/mol. The zero-order chi connectivity index (χ0) is 7.66. The lowest BCUT2D eigenvalue weighted by atomic mass is 10.4. The fraction of sp³-hybridized carbons (Fsp3) is 0.750. The highest BCUT2D eigenvalue weighted by atomic mass is 14.9. The Kier molecular flexibility index (Phi) is 8.37. The largest absolute Gasteiger partial charge is 0.318 e. The van der Waals surface area contributed by atoms with E-state index in [1.807, 2.05) is 14.0 Å². The summed E-state index contributed by atoms with van der Waals surface area (Å²) in [5.74, 6) is 0. The first kappa shape index (κ1) is 9.66. The molecule has 0 bridgehead atoms. The summed E-state index contributed by atoms with van der Waals surface area (Å²) in [7, 11) is 1.97. The van der Waals surface area contributed by atoms with Gasteiger partial charge in [-0.3, -0.25) is 0 Å². The maximum Gasteiger partial charge on any atom is 0.00767 e. The second kappa shape index (κ2) is 8.66. The third kappa shape index (κ3) is 7.66. The van der Waals surface area contributed by atoms with Crippen LogP contribution in [-0.2, 0) is 0 Å². The van der Waals surface area contributed by atoms with Gasteiger partial charge in [0.15, 0.2) is 0 Å². The van der Waals surface area contributed by atoms with Crippen molar-refractivity contribution in [3.8, 4) is 0 Å². The van der Waals surface area contributed by atoms with E-state index in [1.165, 1.54) is 0 Å². The number of rotatable bonds is 6. The van der Waals surface area contributed by atoms with Crippen LogP contribution in [0, 0.1) is 0 Å². The number of allylic oxidation sites excluding steroid dienone is 1. The molecule has 0 fully saturated rings. The summed E-state index contributed by atoms with van der Waals surface area (Å²) in [5, 5.41) is 6.39. The van der Waals surface area contributed by atoms with E-state index in [1.54, 1.807) is 0 Å². The average Bonchev–Trinajstić information content (AvgIpc) is 1.97. The van der Waals surface area contributed by atoms with E-state index in [9.17, 15) is 0 Å². The van der Waals surface area contributed by atoms with Crippen molar-refractivity contribution in [2.75, 3.05) is 26.7 Å². The average molecular weight is 142 g/mol. The van der Waals surface area contributed by atoms with Crippen molar-refractivity contribution in [2.45, 2.75) is 13.3 Å². The molecule has 0 aromatic heterocycles. The van der Waals surface area contributed by atoms with Crippen LogP contribution in [0.3, 0.4) is 0 Å². The quantitative estimate of drug-likeness (QED) is 0.422. The first-order valence-corrected chi connectivity index (χ1v) is 3.88. The molecule has 2 heteroatoms. The number of likely N-dealkylation sites (N-methyl/N-ethyl adjacent to an activating group) is 1. The lowest BCUT2D eigenvalue weighted by molar-refractivity contribution is 0.654. The summed E-state index contributed by atoms with van der Waals surface area (Å²) >= 11 is 0. The molecule has 0 amide bonds. The van der Waals surface area contributed by atoms with E-state index >= 15 is 0 Å². The molecular formula is C8H18N2. The number of hydrogen-bond acceptors (Lipinski definition) is 2. The Morgan fingerprint density at radius 2 is 2.00 bits per heavy atom. The molecule has 0 aromatic rings. The third-order valence-electron chi connectivity index (χ3n) is 1.28. The van der Waals surface area contributed by atoms with Crippen molar-refractivity contribution in [1.29, 1.82) is 0 Å². The molecule has 0 heterocycles. The van der Waals surface area contributed by atoms with E-state index in [2.05, 4.69) is 22.8 Å². The van der Waals surface area contributed by atoms with Crippen LogP contribution >= 0.6 is 0 Å². The van der Waals surface area contributed by atoms with Crippen molar-refractivity contribution >= 4 is 0 Å². The molecule has 2 N–H and O–H groups in total. The van der Waals surface area contributed by atoms with E-state index in [0.717, 1.165) is 26.1 Å². The zero-order valence-electron chi connectivity index (χ0n) is 6.98. The van der Waals surface area contributed by atoms with Gasteiger partial charge in [0.25, 0.3) is 0 Å². The normalized spacial score (nSPS) is 11.0. The lowest BCUT2D eigenvalue weighted by Gasteiger charge is -2.00. The topological polar surface area (TPSA) is 24.1 Å². The van der Waals surface area contributed by atoms with Crippen molar-refractivity contribution in [1.82, 2.24) is 10.6 Å². The molecule has 0 saturated heterocycles. The lowest BCUT2D eigenvalue weighted by Crippen LogP contribution is -2.25. The highest BCUT2D eigenvalue weighted by molar-refractivity contribution is 4.77. The molecule has 2 nitrogen and oxygen atoms in total. The van der Waals surface area contributed by atoms with Gasteiger partial charge in [-0.2, -0.15) is 0 Å². The second-order valence-corrected chi connectivity index (χ2v) is 2.21. The Labute approximate surface area is 63.7 Å². The summed E-state index contributed by atoms with van der Waals surface area (Å²) in [6, 6.07) is 0. The first-order chi connectivity index (χ1) is 4.91. The van der Waals surface area contributed by atoms with Gasteiger partial charge in [-0.1, -0.05) is 12.2 Å². The van der Waals surface area contributed by atoms with Gasteiger partial charge in [-0.15, -0.1) is 0 Å². The van der Waals surface area contributed by atoms with Crippen molar-refractivity contribution < 1.29 is 0 Å². The fourth-order valence-corrected chi connectivity index (χ4v) is 0.690. The van der Waals surface area contributed by atoms with Crippen LogP contribution in [0.1, 0.15) is 13.3 Å². The minimum atomic E-state index is 1.05. The van der Waals surface area contributed by atoms with Crippen LogP contribution in [0.4, 0.5) is 0 Å². The summed E-state index contributed by atoms with van der Waals surface area (Å²) in [5.41, 5.74) is 0. The SMILES string of the molecule is C/C=C\CCNCCNC. The van der Waals surface area contributed by atoms with E-state index in [4.69, 9.17) is 0 Å². The molecule has 0 saturated carbocycles. The van der Waals surface area contributed by atoms with Crippen LogP contribution in [0.5, 0.6) is 0 Å². The van der Waals surface area contributed by atoms with Gasteiger partial charge >= 0.3 is 0 Å². The second-order valence-electron chi connectivity index (χ2n) is 2.21. The number of hydrogen-bond donors (Lipinski definition) is 2. The minimum Gasteiger partial charge on any atom is -0.318 e. The van der Waals surface area contributed by atoms with E-state index < -0.39 is 0 Å².